The summed E-state index contributed by atoms with van der Waals surface area (Å²) in [5.41, 5.74) is 3.00. The smallest absolute Gasteiger partial charge is 0.370 e. The maximum Gasteiger partial charge on any atom is 0.370 e. The van der Waals surface area contributed by atoms with E-state index >= 15 is 0 Å². The molecule has 0 fully saturated rings. The Labute approximate surface area is 150 Å². The van der Waals surface area contributed by atoms with Crippen LogP contribution in [0.15, 0.2) is 42.5 Å². The topological polar surface area (TPSA) is 72.9 Å². The minimum atomic E-state index is -0.808. The van der Waals surface area contributed by atoms with Crippen LogP contribution in [0.25, 0.3) is 0 Å². The van der Waals surface area contributed by atoms with Gasteiger partial charge in [-0.1, -0.05) is 23.3 Å². The zero-order valence-electron chi connectivity index (χ0n) is 14.1. The van der Waals surface area contributed by atoms with Crippen molar-refractivity contribution in [1.82, 2.24) is 5.06 Å². The quantitative estimate of drug-likeness (QED) is 0.792. The van der Waals surface area contributed by atoms with Gasteiger partial charge in [0.1, 0.15) is 5.75 Å². The standard InChI is InChI=1S/C20H17NO5/c22-18(12-25-15-10-9-13-5-1-2-6-14(13)11-15)26-21-19(23)16-7-3-4-8-17(16)20(21)24/h3-4,7-11H,1-2,5-6,12H2. The van der Waals surface area contributed by atoms with E-state index in [4.69, 9.17) is 9.57 Å². The van der Waals surface area contributed by atoms with E-state index in [1.807, 2.05) is 18.2 Å². The molecule has 1 aliphatic heterocycles. The summed E-state index contributed by atoms with van der Waals surface area (Å²) < 4.78 is 5.47. The van der Waals surface area contributed by atoms with Crippen molar-refractivity contribution in [2.24, 2.45) is 0 Å². The number of fused-ring (bicyclic) bond motifs is 2. The summed E-state index contributed by atoms with van der Waals surface area (Å²) in [6.07, 6.45) is 4.42. The molecule has 0 unspecified atom stereocenters. The van der Waals surface area contributed by atoms with Crippen molar-refractivity contribution in [3.8, 4) is 5.75 Å². The van der Waals surface area contributed by atoms with Gasteiger partial charge < -0.3 is 9.57 Å². The van der Waals surface area contributed by atoms with Gasteiger partial charge in [0, 0.05) is 0 Å². The molecule has 2 aromatic carbocycles. The number of hydrogen-bond acceptors (Lipinski definition) is 5. The van der Waals surface area contributed by atoms with Crippen LogP contribution in [-0.4, -0.2) is 29.5 Å². The lowest BCUT2D eigenvalue weighted by atomic mass is 9.92. The van der Waals surface area contributed by atoms with E-state index in [2.05, 4.69) is 0 Å². The molecular formula is C20H17NO5. The van der Waals surface area contributed by atoms with Crippen molar-refractivity contribution >= 4 is 17.8 Å². The maximum absolute atomic E-state index is 12.2. The lowest BCUT2D eigenvalue weighted by Gasteiger charge is -2.17. The molecule has 0 bridgehead atoms. The van der Waals surface area contributed by atoms with Gasteiger partial charge in [0.25, 0.3) is 11.8 Å². The van der Waals surface area contributed by atoms with E-state index < -0.39 is 17.8 Å². The first-order valence-electron chi connectivity index (χ1n) is 8.57. The number of carbonyl (C=O) groups is 3. The number of ether oxygens (including phenoxy) is 1. The van der Waals surface area contributed by atoms with Crippen molar-refractivity contribution in [3.05, 3.63) is 64.7 Å². The first-order valence-corrected chi connectivity index (χ1v) is 8.57. The Morgan fingerprint density at radius 2 is 1.58 bits per heavy atom. The Hall–Kier alpha value is -3.15. The Morgan fingerprint density at radius 1 is 0.923 bits per heavy atom. The van der Waals surface area contributed by atoms with Gasteiger partial charge in [-0.3, -0.25) is 9.59 Å². The molecule has 0 saturated carbocycles. The summed E-state index contributed by atoms with van der Waals surface area (Å²) in [6, 6.07) is 12.1. The van der Waals surface area contributed by atoms with Crippen LogP contribution in [0.1, 0.15) is 44.7 Å². The van der Waals surface area contributed by atoms with Crippen LogP contribution < -0.4 is 4.74 Å². The predicted molar refractivity (Wildman–Crippen MR) is 91.6 cm³/mol. The molecular weight excluding hydrogens is 334 g/mol. The number of hydroxylamine groups is 2. The number of benzene rings is 2. The second-order valence-corrected chi connectivity index (χ2v) is 6.34. The minimum Gasteiger partial charge on any atom is -0.482 e. The van der Waals surface area contributed by atoms with E-state index in [0.717, 1.165) is 19.3 Å². The molecule has 26 heavy (non-hydrogen) atoms. The molecule has 0 radical (unpaired) electrons. The molecule has 132 valence electrons. The van der Waals surface area contributed by atoms with E-state index in [-0.39, 0.29) is 17.7 Å². The van der Waals surface area contributed by atoms with Crippen LogP contribution in [0.4, 0.5) is 0 Å². The molecule has 0 N–H and O–H groups in total. The van der Waals surface area contributed by atoms with E-state index in [1.165, 1.54) is 29.7 Å². The Morgan fingerprint density at radius 3 is 2.27 bits per heavy atom. The van der Waals surface area contributed by atoms with Gasteiger partial charge in [-0.05, 0) is 61.1 Å². The highest BCUT2D eigenvalue weighted by molar-refractivity contribution is 6.20. The van der Waals surface area contributed by atoms with Crippen LogP contribution in [-0.2, 0) is 22.5 Å². The van der Waals surface area contributed by atoms with Crippen molar-refractivity contribution in [3.63, 3.8) is 0 Å². The van der Waals surface area contributed by atoms with Gasteiger partial charge in [0.15, 0.2) is 6.61 Å². The number of amides is 2. The van der Waals surface area contributed by atoms with Crippen LogP contribution in [0, 0.1) is 0 Å². The molecule has 1 aliphatic carbocycles. The van der Waals surface area contributed by atoms with Gasteiger partial charge in [-0.25, -0.2) is 4.79 Å². The zero-order chi connectivity index (χ0) is 18.1. The molecule has 4 rings (SSSR count). The van der Waals surface area contributed by atoms with Crippen molar-refractivity contribution in [2.45, 2.75) is 25.7 Å². The molecule has 0 aromatic heterocycles. The molecule has 2 aromatic rings. The number of aryl methyl sites for hydroxylation is 2. The van der Waals surface area contributed by atoms with Crippen LogP contribution in [0.5, 0.6) is 5.75 Å². The molecule has 2 aliphatic rings. The maximum atomic E-state index is 12.2. The first-order chi connectivity index (χ1) is 12.6. The molecule has 1 heterocycles. The van der Waals surface area contributed by atoms with E-state index in [1.54, 1.807) is 12.1 Å². The third-order valence-electron chi connectivity index (χ3n) is 4.63. The van der Waals surface area contributed by atoms with E-state index in [9.17, 15) is 14.4 Å². The monoisotopic (exact) mass is 351 g/mol. The number of nitrogens with zero attached hydrogens (tertiary/aromatic N) is 1. The van der Waals surface area contributed by atoms with Gasteiger partial charge >= 0.3 is 5.97 Å². The molecule has 2 amide bonds. The van der Waals surface area contributed by atoms with Gasteiger partial charge in [-0.2, -0.15) is 0 Å². The average molecular weight is 351 g/mol. The third kappa shape index (κ3) is 2.94. The Balaban J connectivity index is 1.38. The van der Waals surface area contributed by atoms with Crippen molar-refractivity contribution in [2.75, 3.05) is 6.61 Å². The second kappa shape index (κ2) is 6.63. The molecule has 0 saturated heterocycles. The molecule has 0 atom stereocenters. The normalized spacial score (nSPS) is 15.5. The van der Waals surface area contributed by atoms with E-state index in [0.29, 0.717) is 10.8 Å². The fraction of sp³-hybridized carbons (Fsp3) is 0.250. The zero-order valence-corrected chi connectivity index (χ0v) is 14.1. The second-order valence-electron chi connectivity index (χ2n) is 6.34. The summed E-state index contributed by atoms with van der Waals surface area (Å²) in [5.74, 6) is -1.53. The lowest BCUT2D eigenvalue weighted by molar-refractivity contribution is -0.170. The van der Waals surface area contributed by atoms with Crippen molar-refractivity contribution < 1.29 is 24.0 Å². The van der Waals surface area contributed by atoms with Gasteiger partial charge in [0.2, 0.25) is 0 Å². The Bertz CT molecular complexity index is 870. The lowest BCUT2D eigenvalue weighted by Crippen LogP contribution is -2.34. The summed E-state index contributed by atoms with van der Waals surface area (Å²) in [7, 11) is 0. The van der Waals surface area contributed by atoms with Crippen LogP contribution in [0.2, 0.25) is 0 Å². The fourth-order valence-corrected chi connectivity index (χ4v) is 3.32. The minimum absolute atomic E-state index is 0.223. The Kier molecular flexibility index (Phi) is 4.16. The molecule has 6 nitrogen and oxygen atoms in total. The largest absolute Gasteiger partial charge is 0.482 e. The third-order valence-corrected chi connectivity index (χ3v) is 4.63. The average Bonchev–Trinajstić information content (AvgIpc) is 2.91. The summed E-state index contributed by atoms with van der Waals surface area (Å²) in [5, 5.41) is 0.489. The first kappa shape index (κ1) is 16.3. The summed E-state index contributed by atoms with van der Waals surface area (Å²) >= 11 is 0. The highest BCUT2D eigenvalue weighted by Crippen LogP contribution is 2.26. The van der Waals surface area contributed by atoms with Crippen LogP contribution >= 0.6 is 0 Å². The number of carbonyl (C=O) groups excluding carboxylic acids is 3. The summed E-state index contributed by atoms with van der Waals surface area (Å²) in [6.45, 7) is -0.383. The highest BCUT2D eigenvalue weighted by Gasteiger charge is 2.38. The predicted octanol–water partition coefficient (Wildman–Crippen LogP) is 2.70. The SMILES string of the molecule is O=C(COc1ccc2c(c1)CCCC2)ON1C(=O)c2ccccc2C1=O. The summed E-state index contributed by atoms with van der Waals surface area (Å²) in [4.78, 5) is 41.3. The number of imide groups is 1. The highest BCUT2D eigenvalue weighted by atomic mass is 16.7. The van der Waals surface area contributed by atoms with Crippen molar-refractivity contribution in [1.29, 1.82) is 0 Å². The van der Waals surface area contributed by atoms with Crippen LogP contribution in [0.3, 0.4) is 0 Å². The van der Waals surface area contributed by atoms with Gasteiger partial charge in [-0.15, -0.1) is 0 Å². The van der Waals surface area contributed by atoms with Gasteiger partial charge in [0.05, 0.1) is 11.1 Å². The fourth-order valence-electron chi connectivity index (χ4n) is 3.32. The molecule has 0 spiro atoms. The molecule has 6 heteroatoms. The number of rotatable bonds is 4. The number of hydrogen-bond donors (Lipinski definition) is 0.